The standard InChI is InChI=1S/C13H16N4O3/c1-3-20-13(18)11-12(10-6-4-5-7-14-10)17(16-15-11)8-9-19-2/h4-7H,3,8-9H2,1-2H3. The Bertz CT molecular complexity index is 568. The normalized spacial score (nSPS) is 10.5. The van der Waals surface area contributed by atoms with Gasteiger partial charge in [-0.25, -0.2) is 9.48 Å². The Morgan fingerprint density at radius 2 is 2.25 bits per heavy atom. The Morgan fingerprint density at radius 3 is 2.90 bits per heavy atom. The van der Waals surface area contributed by atoms with Gasteiger partial charge in [-0.2, -0.15) is 0 Å². The van der Waals surface area contributed by atoms with E-state index in [1.54, 1.807) is 37.0 Å². The number of nitrogens with zero attached hydrogens (tertiary/aromatic N) is 4. The number of rotatable bonds is 6. The van der Waals surface area contributed by atoms with Gasteiger partial charge in [0.25, 0.3) is 0 Å². The van der Waals surface area contributed by atoms with Crippen molar-refractivity contribution in [3.8, 4) is 11.4 Å². The number of esters is 1. The van der Waals surface area contributed by atoms with Gasteiger partial charge in [0.1, 0.15) is 5.69 Å². The summed E-state index contributed by atoms with van der Waals surface area (Å²) < 4.78 is 11.6. The third-order valence-corrected chi connectivity index (χ3v) is 2.62. The highest BCUT2D eigenvalue weighted by Gasteiger charge is 2.22. The SMILES string of the molecule is CCOC(=O)c1nnn(CCOC)c1-c1ccccn1. The number of hydrogen-bond donors (Lipinski definition) is 0. The van der Waals surface area contributed by atoms with Gasteiger partial charge in [-0.15, -0.1) is 5.10 Å². The van der Waals surface area contributed by atoms with Crippen LogP contribution in [0.1, 0.15) is 17.4 Å². The molecule has 0 aliphatic rings. The molecule has 0 aliphatic carbocycles. The molecule has 106 valence electrons. The molecule has 0 aliphatic heterocycles. The average Bonchev–Trinajstić information content (AvgIpc) is 2.90. The monoisotopic (exact) mass is 276 g/mol. The summed E-state index contributed by atoms with van der Waals surface area (Å²) in [6, 6.07) is 5.44. The molecule has 0 saturated carbocycles. The summed E-state index contributed by atoms with van der Waals surface area (Å²) in [7, 11) is 1.60. The number of pyridine rings is 1. The molecule has 20 heavy (non-hydrogen) atoms. The number of aromatic nitrogens is 4. The second-order valence-corrected chi connectivity index (χ2v) is 3.94. The van der Waals surface area contributed by atoms with Gasteiger partial charge in [0.05, 0.1) is 25.5 Å². The molecule has 2 aromatic heterocycles. The van der Waals surface area contributed by atoms with Crippen molar-refractivity contribution >= 4 is 5.97 Å². The molecule has 0 spiro atoms. The number of methoxy groups -OCH3 is 1. The molecular weight excluding hydrogens is 260 g/mol. The second-order valence-electron chi connectivity index (χ2n) is 3.94. The molecular formula is C13H16N4O3. The van der Waals surface area contributed by atoms with E-state index in [0.29, 0.717) is 24.5 Å². The van der Waals surface area contributed by atoms with Gasteiger partial charge in [-0.1, -0.05) is 11.3 Å². The van der Waals surface area contributed by atoms with Crippen LogP contribution in [0.5, 0.6) is 0 Å². The summed E-state index contributed by atoms with van der Waals surface area (Å²) in [6.07, 6.45) is 1.65. The third kappa shape index (κ3) is 3.00. The zero-order chi connectivity index (χ0) is 14.4. The topological polar surface area (TPSA) is 79.1 Å². The fraction of sp³-hybridized carbons (Fsp3) is 0.385. The van der Waals surface area contributed by atoms with Crippen molar-refractivity contribution in [3.63, 3.8) is 0 Å². The van der Waals surface area contributed by atoms with Crippen LogP contribution in [0.2, 0.25) is 0 Å². The Hall–Kier alpha value is -2.28. The van der Waals surface area contributed by atoms with E-state index in [9.17, 15) is 4.79 Å². The fourth-order valence-electron chi connectivity index (χ4n) is 1.74. The van der Waals surface area contributed by atoms with Crippen LogP contribution in [0.3, 0.4) is 0 Å². The highest BCUT2D eigenvalue weighted by molar-refractivity contribution is 5.93. The van der Waals surface area contributed by atoms with Crippen LogP contribution in [0, 0.1) is 0 Å². The van der Waals surface area contributed by atoms with Crippen molar-refractivity contribution in [2.75, 3.05) is 20.3 Å². The van der Waals surface area contributed by atoms with E-state index in [2.05, 4.69) is 15.3 Å². The maximum absolute atomic E-state index is 11.9. The maximum atomic E-state index is 11.9. The Kier molecular flexibility index (Phi) is 4.78. The third-order valence-electron chi connectivity index (χ3n) is 2.62. The van der Waals surface area contributed by atoms with Gasteiger partial charge in [-0.3, -0.25) is 4.98 Å². The first-order chi connectivity index (χ1) is 9.77. The zero-order valence-corrected chi connectivity index (χ0v) is 11.4. The summed E-state index contributed by atoms with van der Waals surface area (Å²) >= 11 is 0. The van der Waals surface area contributed by atoms with E-state index in [1.807, 2.05) is 6.07 Å². The minimum atomic E-state index is -0.503. The van der Waals surface area contributed by atoms with Crippen LogP contribution >= 0.6 is 0 Å². The molecule has 0 N–H and O–H groups in total. The molecule has 7 heteroatoms. The highest BCUT2D eigenvalue weighted by Crippen LogP contribution is 2.20. The largest absolute Gasteiger partial charge is 0.461 e. The minimum absolute atomic E-state index is 0.168. The molecule has 2 rings (SSSR count). The number of hydrogen-bond acceptors (Lipinski definition) is 6. The average molecular weight is 276 g/mol. The number of carbonyl (C=O) groups excluding carboxylic acids is 1. The van der Waals surface area contributed by atoms with Crippen LogP contribution < -0.4 is 0 Å². The van der Waals surface area contributed by atoms with E-state index >= 15 is 0 Å². The molecule has 0 bridgehead atoms. The molecule has 0 fully saturated rings. The molecule has 0 aromatic carbocycles. The Morgan fingerprint density at radius 1 is 1.40 bits per heavy atom. The van der Waals surface area contributed by atoms with E-state index in [-0.39, 0.29) is 12.3 Å². The van der Waals surface area contributed by atoms with Crippen LogP contribution in [-0.4, -0.2) is 46.3 Å². The van der Waals surface area contributed by atoms with Gasteiger partial charge in [-0.05, 0) is 19.1 Å². The zero-order valence-electron chi connectivity index (χ0n) is 11.4. The van der Waals surface area contributed by atoms with Crippen molar-refractivity contribution in [2.45, 2.75) is 13.5 Å². The summed E-state index contributed by atoms with van der Waals surface area (Å²) in [5.74, 6) is -0.503. The smallest absolute Gasteiger partial charge is 0.361 e. The lowest BCUT2D eigenvalue weighted by molar-refractivity contribution is 0.0520. The summed E-state index contributed by atoms with van der Waals surface area (Å²) in [4.78, 5) is 16.2. The molecule has 0 saturated heterocycles. The molecule has 0 unspecified atom stereocenters. The van der Waals surface area contributed by atoms with Gasteiger partial charge >= 0.3 is 5.97 Å². The van der Waals surface area contributed by atoms with Crippen molar-refractivity contribution in [1.82, 2.24) is 20.0 Å². The molecule has 2 aromatic rings. The van der Waals surface area contributed by atoms with E-state index in [0.717, 1.165) is 0 Å². The Labute approximate surface area is 116 Å². The molecule has 0 amide bonds. The lowest BCUT2D eigenvalue weighted by Gasteiger charge is -2.06. The van der Waals surface area contributed by atoms with E-state index in [1.165, 1.54) is 0 Å². The van der Waals surface area contributed by atoms with Crippen molar-refractivity contribution in [3.05, 3.63) is 30.1 Å². The van der Waals surface area contributed by atoms with Gasteiger partial charge in [0, 0.05) is 13.3 Å². The van der Waals surface area contributed by atoms with Gasteiger partial charge < -0.3 is 9.47 Å². The second kappa shape index (κ2) is 6.76. The van der Waals surface area contributed by atoms with Crippen LogP contribution in [0.4, 0.5) is 0 Å². The van der Waals surface area contributed by atoms with E-state index < -0.39 is 5.97 Å². The fourth-order valence-corrected chi connectivity index (χ4v) is 1.74. The van der Waals surface area contributed by atoms with E-state index in [4.69, 9.17) is 9.47 Å². The van der Waals surface area contributed by atoms with Crippen molar-refractivity contribution in [2.24, 2.45) is 0 Å². The lowest BCUT2D eigenvalue weighted by Crippen LogP contribution is -2.11. The first kappa shape index (κ1) is 14.1. The minimum Gasteiger partial charge on any atom is -0.461 e. The predicted octanol–water partition coefficient (Wildman–Crippen LogP) is 1.16. The predicted molar refractivity (Wildman–Crippen MR) is 71.1 cm³/mol. The van der Waals surface area contributed by atoms with Gasteiger partial charge in [0.15, 0.2) is 5.69 Å². The molecule has 0 atom stereocenters. The van der Waals surface area contributed by atoms with Crippen molar-refractivity contribution < 1.29 is 14.3 Å². The Balaban J connectivity index is 2.43. The summed E-state index contributed by atoms with van der Waals surface area (Å²) in [5, 5.41) is 7.89. The first-order valence-corrected chi connectivity index (χ1v) is 6.28. The lowest BCUT2D eigenvalue weighted by atomic mass is 10.2. The van der Waals surface area contributed by atoms with Gasteiger partial charge in [0.2, 0.25) is 0 Å². The van der Waals surface area contributed by atoms with Crippen LogP contribution in [-0.2, 0) is 16.0 Å². The van der Waals surface area contributed by atoms with Crippen LogP contribution in [0.15, 0.2) is 24.4 Å². The molecule has 7 nitrogen and oxygen atoms in total. The summed E-state index contributed by atoms with van der Waals surface area (Å²) in [5.41, 5.74) is 1.33. The summed E-state index contributed by atoms with van der Waals surface area (Å²) in [6.45, 7) is 2.97. The quantitative estimate of drug-likeness (QED) is 0.737. The highest BCUT2D eigenvalue weighted by atomic mass is 16.5. The van der Waals surface area contributed by atoms with Crippen molar-refractivity contribution in [1.29, 1.82) is 0 Å². The number of carbonyl (C=O) groups is 1. The number of ether oxygens (including phenoxy) is 2. The first-order valence-electron chi connectivity index (χ1n) is 6.28. The molecule has 2 heterocycles. The van der Waals surface area contributed by atoms with Crippen LogP contribution in [0.25, 0.3) is 11.4 Å². The molecule has 0 radical (unpaired) electrons. The maximum Gasteiger partial charge on any atom is 0.361 e.